The Morgan fingerprint density at radius 3 is 2.67 bits per heavy atom. The van der Waals surface area contributed by atoms with Gasteiger partial charge in [-0.3, -0.25) is 0 Å². The maximum Gasteiger partial charge on any atom is 0.488 e. The zero-order chi connectivity index (χ0) is 11.4. The molecule has 0 saturated carbocycles. The molecule has 0 fully saturated rings. The first-order valence-corrected chi connectivity index (χ1v) is 3.95. The summed E-state index contributed by atoms with van der Waals surface area (Å²) in [4.78, 5) is 0. The average molecular weight is 211 g/mol. The van der Waals surface area contributed by atoms with Crippen LogP contribution < -0.4 is 16.7 Å². The van der Waals surface area contributed by atoms with Gasteiger partial charge >= 0.3 is 7.12 Å². The van der Waals surface area contributed by atoms with Crippen molar-refractivity contribution in [2.45, 2.75) is 0 Å². The summed E-state index contributed by atoms with van der Waals surface area (Å²) in [6.07, 6.45) is 0. The number of rotatable bonds is 3. The zero-order valence-electron chi connectivity index (χ0n) is 7.63. The molecule has 1 aromatic carbocycles. The lowest BCUT2D eigenvalue weighted by Crippen LogP contribution is -2.31. The maximum absolute atomic E-state index is 13.2. The van der Waals surface area contributed by atoms with Crippen LogP contribution in [0.2, 0.25) is 0 Å². The van der Waals surface area contributed by atoms with E-state index in [1.54, 1.807) is 0 Å². The van der Waals surface area contributed by atoms with E-state index >= 15 is 0 Å². The molecule has 6 N–H and O–H groups in total. The molecule has 8 heteroatoms. The Balaban J connectivity index is 3.22. The molecule has 0 aliphatic rings. The molecule has 78 valence electrons. The van der Waals surface area contributed by atoms with Gasteiger partial charge < -0.3 is 15.8 Å². The minimum atomic E-state index is -1.70. The summed E-state index contributed by atoms with van der Waals surface area (Å²) >= 11 is 0. The van der Waals surface area contributed by atoms with Crippen LogP contribution in [0.5, 0.6) is 0 Å². The van der Waals surface area contributed by atoms with Gasteiger partial charge in [0.1, 0.15) is 11.0 Å². The van der Waals surface area contributed by atoms with Crippen molar-refractivity contribution in [2.75, 3.05) is 0 Å². The number of amidine groups is 1. The summed E-state index contributed by atoms with van der Waals surface area (Å²) in [6, 6.07) is 3.42. The predicted octanol–water partition coefficient (Wildman–Crippen LogP) is -2.66. The molecule has 0 aliphatic heterocycles. The lowest BCUT2D eigenvalue weighted by atomic mass is 9.79. The van der Waals surface area contributed by atoms with Crippen molar-refractivity contribution in [1.29, 1.82) is 0 Å². The second-order valence-electron chi connectivity index (χ2n) is 2.71. The smallest absolute Gasteiger partial charge is 0.423 e. The first-order valence-electron chi connectivity index (χ1n) is 3.95. The van der Waals surface area contributed by atoms with Gasteiger partial charge in [-0.15, -0.1) is 0 Å². The highest BCUT2D eigenvalue weighted by molar-refractivity contribution is 6.58. The number of benzene rings is 1. The Morgan fingerprint density at radius 1 is 1.47 bits per heavy atom. The molecular formula is C7H9BFN4O2+. The third-order valence-electron chi connectivity index (χ3n) is 1.73. The van der Waals surface area contributed by atoms with Crippen molar-refractivity contribution >= 4 is 18.4 Å². The molecule has 0 aromatic heterocycles. The third kappa shape index (κ3) is 2.58. The van der Waals surface area contributed by atoms with Crippen LogP contribution in [0.1, 0.15) is 5.56 Å². The van der Waals surface area contributed by atoms with E-state index in [1.165, 1.54) is 6.07 Å². The quantitative estimate of drug-likeness (QED) is 0.144. The molecule has 0 atom stereocenters. The maximum atomic E-state index is 13.2. The van der Waals surface area contributed by atoms with Gasteiger partial charge in [0.15, 0.2) is 0 Å². The average Bonchev–Trinajstić information content (AvgIpc) is 2.18. The summed E-state index contributed by atoms with van der Waals surface area (Å²) in [6.45, 7) is 0. The summed E-state index contributed by atoms with van der Waals surface area (Å²) < 4.78 is 13.2. The van der Waals surface area contributed by atoms with Crippen LogP contribution in [-0.2, 0) is 0 Å². The number of nitrogens with two attached hydrogens (primary N) is 2. The molecule has 1 aromatic rings. The van der Waals surface area contributed by atoms with Gasteiger partial charge in [-0.25, -0.2) is 4.39 Å². The van der Waals surface area contributed by atoms with Gasteiger partial charge in [0.2, 0.25) is 0 Å². The van der Waals surface area contributed by atoms with Gasteiger partial charge in [0.05, 0.1) is 10.7 Å². The highest BCUT2D eigenvalue weighted by Crippen LogP contribution is 2.04. The second kappa shape index (κ2) is 4.62. The van der Waals surface area contributed by atoms with E-state index in [0.717, 1.165) is 12.1 Å². The van der Waals surface area contributed by atoms with Crippen LogP contribution in [0.3, 0.4) is 0 Å². The lowest BCUT2D eigenvalue weighted by molar-refractivity contribution is -0.221. The Morgan fingerprint density at radius 2 is 2.13 bits per heavy atom. The van der Waals surface area contributed by atoms with E-state index in [4.69, 9.17) is 21.3 Å². The molecule has 0 heterocycles. The predicted molar refractivity (Wildman–Crippen MR) is 51.3 cm³/mol. The van der Waals surface area contributed by atoms with E-state index in [1.807, 2.05) is 0 Å². The SMILES string of the molecule is NC(=NN=[NH2+])c1cc(B(O)O)ccc1F. The summed E-state index contributed by atoms with van der Waals surface area (Å²) in [5.74, 6) is -0.887. The van der Waals surface area contributed by atoms with Gasteiger partial charge in [-0.05, 0) is 17.6 Å². The fourth-order valence-electron chi connectivity index (χ4n) is 1.02. The monoisotopic (exact) mass is 211 g/mol. The van der Waals surface area contributed by atoms with E-state index in [-0.39, 0.29) is 16.9 Å². The molecule has 15 heavy (non-hydrogen) atoms. The highest BCUT2D eigenvalue weighted by atomic mass is 19.1. The van der Waals surface area contributed by atoms with Gasteiger partial charge in [-0.1, -0.05) is 6.07 Å². The molecule has 0 amide bonds. The van der Waals surface area contributed by atoms with Crippen molar-refractivity contribution in [2.24, 2.45) is 16.1 Å². The normalized spacial score (nSPS) is 11.3. The van der Waals surface area contributed by atoms with Crippen LogP contribution in [0.4, 0.5) is 4.39 Å². The lowest BCUT2D eigenvalue weighted by Gasteiger charge is -2.02. The Bertz CT molecular complexity index is 410. The molecule has 0 unspecified atom stereocenters. The minimum Gasteiger partial charge on any atom is -0.423 e. The zero-order valence-corrected chi connectivity index (χ0v) is 7.63. The Kier molecular flexibility index (Phi) is 3.48. The van der Waals surface area contributed by atoms with Gasteiger partial charge in [-0.2, -0.15) is 5.53 Å². The molecule has 1 rings (SSSR count). The summed E-state index contributed by atoms with van der Waals surface area (Å²) in [7, 11) is -1.70. The van der Waals surface area contributed by atoms with Crippen LogP contribution >= 0.6 is 0 Å². The topological polar surface area (TPSA) is 117 Å². The largest absolute Gasteiger partial charge is 0.488 e. The number of hydrogen-bond acceptors (Lipinski definition) is 3. The van der Waals surface area contributed by atoms with Crippen LogP contribution in [0.25, 0.3) is 0 Å². The molecule has 0 spiro atoms. The number of nitrogens with zero attached hydrogens (tertiary/aromatic N) is 2. The van der Waals surface area contributed by atoms with Crippen molar-refractivity contribution < 1.29 is 20.0 Å². The molecule has 0 radical (unpaired) electrons. The van der Waals surface area contributed by atoms with E-state index in [0.29, 0.717) is 0 Å². The van der Waals surface area contributed by atoms with Gasteiger partial charge in [0, 0.05) is 0 Å². The van der Waals surface area contributed by atoms with Crippen molar-refractivity contribution in [3.8, 4) is 0 Å². The standard InChI is InChI=1S/C7H8BFN4O2/c9-6-2-1-4(8(14)15)3-5(6)7(10)12-13-11/h1-3,14-15H,(H3,10,11,12)/p+1. The molecule has 0 bridgehead atoms. The minimum absolute atomic E-state index is 0.0881. The fourth-order valence-corrected chi connectivity index (χ4v) is 1.02. The van der Waals surface area contributed by atoms with Gasteiger partial charge in [0.25, 0.3) is 5.84 Å². The first kappa shape index (κ1) is 11.3. The van der Waals surface area contributed by atoms with E-state index in [2.05, 4.69) is 10.3 Å². The number of halogens is 1. The summed E-state index contributed by atoms with van der Waals surface area (Å²) in [5, 5.41) is 23.9. The fraction of sp³-hybridized carbons (Fsp3) is 0. The number of hydrogen-bond donors (Lipinski definition) is 4. The van der Waals surface area contributed by atoms with E-state index in [9.17, 15) is 4.39 Å². The molecule has 0 aliphatic carbocycles. The molecular weight excluding hydrogens is 202 g/mol. The van der Waals surface area contributed by atoms with Crippen LogP contribution in [0.15, 0.2) is 28.5 Å². The van der Waals surface area contributed by atoms with Crippen molar-refractivity contribution in [1.82, 2.24) is 0 Å². The Hall–Kier alpha value is -1.80. The summed E-state index contributed by atoms with van der Waals surface area (Å²) in [5.41, 5.74) is 10.1. The molecule has 0 saturated heterocycles. The van der Waals surface area contributed by atoms with E-state index < -0.39 is 12.9 Å². The van der Waals surface area contributed by atoms with Crippen molar-refractivity contribution in [3.05, 3.63) is 29.6 Å². The van der Waals surface area contributed by atoms with Crippen LogP contribution in [-0.4, -0.2) is 23.0 Å². The van der Waals surface area contributed by atoms with Crippen molar-refractivity contribution in [3.63, 3.8) is 0 Å². The second-order valence-corrected chi connectivity index (χ2v) is 2.71. The van der Waals surface area contributed by atoms with Crippen LogP contribution in [0, 0.1) is 5.82 Å². The highest BCUT2D eigenvalue weighted by Gasteiger charge is 2.17. The Labute approximate surface area is 84.9 Å². The third-order valence-corrected chi connectivity index (χ3v) is 1.73. The molecule has 6 nitrogen and oxygen atoms in total. The first-order chi connectivity index (χ1) is 7.06.